The summed E-state index contributed by atoms with van der Waals surface area (Å²) >= 11 is 0. The van der Waals surface area contributed by atoms with Gasteiger partial charge in [-0.05, 0) is 253 Å². The van der Waals surface area contributed by atoms with Crippen LogP contribution in [0.1, 0.15) is 320 Å². The number of alkyl halides is 8. The lowest BCUT2D eigenvalue weighted by molar-refractivity contribution is -0.225. The first-order valence-corrected chi connectivity index (χ1v) is 44.3. The number of ether oxygens (including phenoxy) is 4. The number of rotatable bonds is 26. The van der Waals surface area contributed by atoms with Crippen molar-refractivity contribution in [2.75, 3.05) is 0 Å². The van der Waals surface area contributed by atoms with E-state index in [1.165, 1.54) is 195 Å². The van der Waals surface area contributed by atoms with Crippen molar-refractivity contribution in [3.8, 4) is 23.0 Å². The zero-order valence-corrected chi connectivity index (χ0v) is 69.2. The van der Waals surface area contributed by atoms with Crippen molar-refractivity contribution in [2.24, 2.45) is 94.7 Å². The van der Waals surface area contributed by atoms with Crippen LogP contribution in [0.4, 0.5) is 70.2 Å². The topological polar surface area (TPSA) is 36.9 Å². The maximum atomic E-state index is 14.7. The maximum absolute atomic E-state index is 14.7. The van der Waals surface area contributed by atoms with Gasteiger partial charge in [0, 0.05) is 70.8 Å². The second-order valence-electron chi connectivity index (χ2n) is 36.1. The molecule has 644 valence electrons. The normalized spacial score (nSPS) is 28.6. The van der Waals surface area contributed by atoms with E-state index in [0.29, 0.717) is 98.7 Å². The summed E-state index contributed by atoms with van der Waals surface area (Å²) in [7, 11) is 0. The molecular weight excluding hydrogens is 1500 g/mol. The van der Waals surface area contributed by atoms with E-state index in [1.807, 2.05) is 0 Å². The van der Waals surface area contributed by atoms with Crippen LogP contribution in [0.5, 0.6) is 23.0 Å². The summed E-state index contributed by atoms with van der Waals surface area (Å²) in [6.07, 6.45) is 29.0. The highest BCUT2D eigenvalue weighted by Crippen LogP contribution is 2.52. The first-order valence-electron chi connectivity index (χ1n) is 44.3. The Morgan fingerprint density at radius 3 is 0.614 bits per heavy atom. The fourth-order valence-corrected chi connectivity index (χ4v) is 20.9. The summed E-state index contributed by atoms with van der Waals surface area (Å²) in [4.78, 5) is 0. The Balaban J connectivity index is 0.000000174. The number of unbranched alkanes of at least 4 members (excludes halogenated alkanes) is 3. The van der Waals surface area contributed by atoms with Gasteiger partial charge in [0.2, 0.25) is 0 Å². The van der Waals surface area contributed by atoms with Crippen LogP contribution in [-0.4, -0.2) is 24.4 Å². The van der Waals surface area contributed by atoms with E-state index in [-0.39, 0.29) is 22.3 Å². The average molecular weight is 1630 g/mol. The van der Waals surface area contributed by atoms with Crippen LogP contribution in [0, 0.1) is 169 Å². The van der Waals surface area contributed by atoms with E-state index >= 15 is 0 Å². The van der Waals surface area contributed by atoms with Crippen LogP contribution in [0.25, 0.3) is 0 Å². The molecule has 0 radical (unpaired) electrons. The molecule has 0 amide bonds. The van der Waals surface area contributed by atoms with Gasteiger partial charge >= 0.3 is 24.4 Å². The Hall–Kier alpha value is -5.04. The molecule has 8 aliphatic carbocycles. The second kappa shape index (κ2) is 43.3. The second-order valence-corrected chi connectivity index (χ2v) is 36.1. The van der Waals surface area contributed by atoms with Crippen molar-refractivity contribution in [3.05, 3.63) is 117 Å². The molecule has 8 aliphatic rings. The summed E-state index contributed by atoms with van der Waals surface area (Å²) in [5.41, 5.74) is -0.759. The van der Waals surface area contributed by atoms with Gasteiger partial charge < -0.3 is 18.9 Å². The molecule has 0 heterocycles. The van der Waals surface area contributed by atoms with Gasteiger partial charge in [-0.1, -0.05) is 143 Å². The highest BCUT2D eigenvalue weighted by Gasteiger charge is 2.50. The molecule has 0 bridgehead atoms. The molecular formula is C94H132F16O4. The summed E-state index contributed by atoms with van der Waals surface area (Å²) in [5.74, 6) is -4.08. The number of benzene rings is 4. The van der Waals surface area contributed by atoms with Gasteiger partial charge in [-0.15, -0.1) is 0 Å². The molecule has 0 aliphatic heterocycles. The molecule has 8 saturated carbocycles. The Labute approximate surface area is 670 Å². The van der Waals surface area contributed by atoms with Crippen LogP contribution >= 0.6 is 0 Å². The van der Waals surface area contributed by atoms with Gasteiger partial charge in [-0.3, -0.25) is 0 Å². The van der Waals surface area contributed by atoms with E-state index in [0.717, 1.165) is 124 Å². The van der Waals surface area contributed by atoms with E-state index < -0.39 is 118 Å². The third-order valence-electron chi connectivity index (χ3n) is 28.7. The molecule has 114 heavy (non-hydrogen) atoms. The SMILES string of the molecule is CCC1CCC(C2CCC(C(F)(F)Oc3cc(F)c(C)c(F)c3)CC2)CC1.CCCC1CCC(C2CCC(C(F)(F)Oc3cc(F)c(C)c(F)c3)CC2)CC1.CCCCC1CCC(C2CCC(C(F)(F)Oc3cc(F)c(C)c(F)c3)CC2)CC1.CCCCCC1CCC(C2CCC(C(F)(F)Oc3cc(F)c(C)c(F)c3)CC2)CC1. The van der Waals surface area contributed by atoms with E-state index in [2.05, 4.69) is 27.7 Å². The number of hydrogen-bond acceptors (Lipinski definition) is 4. The number of halogens is 16. The van der Waals surface area contributed by atoms with Crippen LogP contribution in [0.15, 0.2) is 48.5 Å². The molecule has 0 saturated heterocycles. The summed E-state index contributed by atoms with van der Waals surface area (Å²) in [6.45, 7) is 14.0. The van der Waals surface area contributed by atoms with Gasteiger partial charge in [-0.2, -0.15) is 35.1 Å². The first-order chi connectivity index (χ1) is 54.2. The predicted octanol–water partition coefficient (Wildman–Crippen LogP) is 31.4. The summed E-state index contributed by atoms with van der Waals surface area (Å²) in [6, 6.07) is 6.73. The van der Waals surface area contributed by atoms with Crippen molar-refractivity contribution < 1.29 is 89.2 Å². The monoisotopic (exact) mass is 1630 g/mol. The molecule has 0 aromatic heterocycles. The molecule has 0 N–H and O–H groups in total. The zero-order chi connectivity index (χ0) is 82.7. The van der Waals surface area contributed by atoms with E-state index in [9.17, 15) is 70.2 Å². The van der Waals surface area contributed by atoms with Crippen LogP contribution in [0.2, 0.25) is 0 Å². The smallest absolute Gasteiger partial charge is 0.400 e. The highest BCUT2D eigenvalue weighted by molar-refractivity contribution is 5.33. The van der Waals surface area contributed by atoms with Gasteiger partial charge in [0.25, 0.3) is 0 Å². The van der Waals surface area contributed by atoms with Crippen molar-refractivity contribution >= 4 is 0 Å². The molecule has 0 spiro atoms. The van der Waals surface area contributed by atoms with Gasteiger partial charge in [0.15, 0.2) is 0 Å². The summed E-state index contributed by atoms with van der Waals surface area (Å²) in [5, 5.41) is 0. The maximum Gasteiger partial charge on any atom is 0.400 e. The molecule has 4 nitrogen and oxygen atoms in total. The van der Waals surface area contributed by atoms with Gasteiger partial charge in [-0.25, -0.2) is 35.1 Å². The minimum Gasteiger partial charge on any atom is -0.432 e. The first kappa shape index (κ1) is 92.8. The van der Waals surface area contributed by atoms with E-state index in [1.54, 1.807) is 0 Å². The lowest BCUT2D eigenvalue weighted by Gasteiger charge is -2.39. The zero-order valence-electron chi connectivity index (χ0n) is 69.2. The summed E-state index contributed by atoms with van der Waals surface area (Å²) < 4.78 is 245. The number of hydrogen-bond donors (Lipinski definition) is 0. The third kappa shape index (κ3) is 26.5. The molecule has 12 rings (SSSR count). The Morgan fingerprint density at radius 1 is 0.237 bits per heavy atom. The predicted molar refractivity (Wildman–Crippen MR) is 419 cm³/mol. The van der Waals surface area contributed by atoms with Crippen molar-refractivity contribution in [3.63, 3.8) is 0 Å². The van der Waals surface area contributed by atoms with Crippen molar-refractivity contribution in [1.82, 2.24) is 0 Å². The van der Waals surface area contributed by atoms with Gasteiger partial charge in [0.05, 0.1) is 23.7 Å². The van der Waals surface area contributed by atoms with Gasteiger partial charge in [0.1, 0.15) is 69.5 Å². The van der Waals surface area contributed by atoms with Crippen LogP contribution in [-0.2, 0) is 0 Å². The fraction of sp³-hybridized carbons (Fsp3) is 0.745. The largest absolute Gasteiger partial charge is 0.432 e. The quantitative estimate of drug-likeness (QED) is 0.0464. The minimum absolute atomic E-state index is 0.189. The molecule has 8 fully saturated rings. The Bertz CT molecular complexity index is 3430. The van der Waals surface area contributed by atoms with Crippen molar-refractivity contribution in [2.45, 2.75) is 349 Å². The fourth-order valence-electron chi connectivity index (χ4n) is 20.9. The third-order valence-corrected chi connectivity index (χ3v) is 28.7. The molecule has 4 aromatic carbocycles. The molecule has 0 atom stereocenters. The highest BCUT2D eigenvalue weighted by atomic mass is 19.3. The van der Waals surface area contributed by atoms with Crippen LogP contribution < -0.4 is 18.9 Å². The van der Waals surface area contributed by atoms with E-state index in [4.69, 9.17) is 18.9 Å². The Kier molecular flexibility index (Phi) is 35.2. The average Bonchev–Trinajstić information content (AvgIpc) is 0.818. The lowest BCUT2D eigenvalue weighted by atomic mass is 9.68. The molecule has 20 heteroatoms. The minimum atomic E-state index is -3.41. The van der Waals surface area contributed by atoms with Crippen LogP contribution in [0.3, 0.4) is 0 Å². The molecule has 0 unspecified atom stereocenters. The Morgan fingerprint density at radius 2 is 0.421 bits per heavy atom. The molecule has 4 aromatic rings. The lowest BCUT2D eigenvalue weighted by Crippen LogP contribution is -2.38. The standard InChI is InChI=1S/C25H36F4O.C24H34F4O.C23H32F4O.C22H30F4O/c1-3-4-5-6-18-7-9-19(10-8-18)20-11-13-21(14-12-20)25(28,29)30-22-15-23(26)17(2)24(27)16-22;1-3-4-5-17-6-8-18(9-7-17)19-10-12-20(13-11-19)24(27,28)29-21-14-22(25)16(2)23(26)15-21;1-3-4-16-5-7-17(8-6-16)18-9-11-19(12-10-18)23(26,27)28-20-13-21(24)15(2)22(25)14-20;1-3-15-4-6-16(7-5-15)17-8-10-18(11-9-17)22(25,26)27-19-12-20(23)14(2)21(24)13-19/h15-16,18-21H,3-14H2,1-2H3;14-15,17-20H,3-13H2,1-2H3;13-14,16-19H,3-12H2,1-2H3;12-13,15-18H,3-11H2,1-2H3. The van der Waals surface area contributed by atoms with Crippen molar-refractivity contribution in [1.29, 1.82) is 0 Å².